The molecule has 2 aliphatic rings. The van der Waals surface area contributed by atoms with Crippen molar-refractivity contribution in [2.45, 2.75) is 19.8 Å². The second-order valence-electron chi connectivity index (χ2n) is 8.10. The van der Waals surface area contributed by atoms with Gasteiger partial charge in [-0.25, -0.2) is 4.90 Å². The summed E-state index contributed by atoms with van der Waals surface area (Å²) in [6, 6.07) is 12.4. The van der Waals surface area contributed by atoms with Crippen molar-refractivity contribution in [3.05, 3.63) is 53.7 Å². The number of imide groups is 1. The van der Waals surface area contributed by atoms with E-state index in [9.17, 15) is 9.59 Å². The molecule has 1 fully saturated rings. The van der Waals surface area contributed by atoms with Crippen molar-refractivity contribution >= 4 is 23.1 Å². The predicted octanol–water partition coefficient (Wildman–Crippen LogP) is 3.73. The standard InChI is InChI=1S/C25H28N2O5/c1-16-8-7-13-26(15-16)23-22(17-11-12-20(31-3)21(14-17)32-4)24(28)27(25(23)29)18-9-5-6-10-19(18)30-2/h5-6,9-12,14,16H,7-8,13,15H2,1-4H3. The normalized spacial score (nSPS) is 18.9. The van der Waals surface area contributed by atoms with E-state index >= 15 is 0 Å². The fraction of sp³-hybridized carbons (Fsp3) is 0.360. The molecule has 0 bridgehead atoms. The van der Waals surface area contributed by atoms with Gasteiger partial charge in [-0.2, -0.15) is 0 Å². The van der Waals surface area contributed by atoms with Gasteiger partial charge in [0.1, 0.15) is 11.4 Å². The zero-order chi connectivity index (χ0) is 22.8. The third kappa shape index (κ3) is 3.68. The molecule has 1 atom stereocenters. The van der Waals surface area contributed by atoms with E-state index in [1.807, 2.05) is 6.07 Å². The van der Waals surface area contributed by atoms with E-state index in [4.69, 9.17) is 14.2 Å². The molecule has 4 rings (SSSR count). The molecule has 2 aromatic carbocycles. The fourth-order valence-electron chi connectivity index (χ4n) is 4.49. The van der Waals surface area contributed by atoms with Crippen LogP contribution < -0.4 is 19.1 Å². The molecule has 0 saturated carbocycles. The van der Waals surface area contributed by atoms with E-state index < -0.39 is 0 Å². The van der Waals surface area contributed by atoms with E-state index in [1.165, 1.54) is 12.0 Å². The Bertz CT molecular complexity index is 1080. The second kappa shape index (κ2) is 8.94. The smallest absolute Gasteiger partial charge is 0.282 e. The van der Waals surface area contributed by atoms with Gasteiger partial charge >= 0.3 is 0 Å². The lowest BCUT2D eigenvalue weighted by molar-refractivity contribution is -0.120. The molecular weight excluding hydrogens is 408 g/mol. The van der Waals surface area contributed by atoms with Gasteiger partial charge in [0.25, 0.3) is 11.8 Å². The van der Waals surface area contributed by atoms with Gasteiger partial charge in [0.05, 0.1) is 32.6 Å². The number of methoxy groups -OCH3 is 3. The molecular formula is C25H28N2O5. The maximum Gasteiger partial charge on any atom is 0.282 e. The molecule has 0 N–H and O–H groups in total. The largest absolute Gasteiger partial charge is 0.495 e. The molecule has 7 nitrogen and oxygen atoms in total. The summed E-state index contributed by atoms with van der Waals surface area (Å²) in [7, 11) is 4.64. The van der Waals surface area contributed by atoms with Gasteiger partial charge in [0, 0.05) is 13.1 Å². The SMILES string of the molecule is COc1ccc(C2=C(N3CCCC(C)C3)C(=O)N(c3ccccc3OC)C2=O)cc1OC. The van der Waals surface area contributed by atoms with Crippen LogP contribution >= 0.6 is 0 Å². The van der Waals surface area contributed by atoms with Crippen molar-refractivity contribution in [3.8, 4) is 17.2 Å². The highest BCUT2D eigenvalue weighted by molar-refractivity contribution is 6.45. The maximum atomic E-state index is 13.8. The Balaban J connectivity index is 1.87. The summed E-state index contributed by atoms with van der Waals surface area (Å²) >= 11 is 0. The number of amides is 2. The number of benzene rings is 2. The lowest BCUT2D eigenvalue weighted by Gasteiger charge is -2.33. The topological polar surface area (TPSA) is 68.3 Å². The molecule has 1 unspecified atom stereocenters. The van der Waals surface area contributed by atoms with Crippen LogP contribution in [0.15, 0.2) is 48.2 Å². The number of piperidine rings is 1. The highest BCUT2D eigenvalue weighted by Gasteiger charge is 2.44. The Morgan fingerprint density at radius 1 is 0.875 bits per heavy atom. The zero-order valence-corrected chi connectivity index (χ0v) is 18.9. The molecule has 0 aliphatic carbocycles. The number of anilines is 1. The molecule has 2 aromatic rings. The van der Waals surface area contributed by atoms with Crippen LogP contribution in [0.3, 0.4) is 0 Å². The van der Waals surface area contributed by atoms with Crippen LogP contribution in [0.5, 0.6) is 17.2 Å². The molecule has 0 spiro atoms. The van der Waals surface area contributed by atoms with Crippen LogP contribution in [0.4, 0.5) is 5.69 Å². The van der Waals surface area contributed by atoms with Gasteiger partial charge in [0.2, 0.25) is 0 Å². The number of para-hydroxylation sites is 2. The summed E-state index contributed by atoms with van der Waals surface area (Å²) in [6.07, 6.45) is 2.08. The number of likely N-dealkylation sites (tertiary alicyclic amines) is 1. The molecule has 168 valence electrons. The summed E-state index contributed by atoms with van der Waals surface area (Å²) in [6.45, 7) is 3.63. The maximum absolute atomic E-state index is 13.8. The van der Waals surface area contributed by atoms with Crippen LogP contribution in [-0.2, 0) is 9.59 Å². The minimum absolute atomic E-state index is 0.335. The van der Waals surface area contributed by atoms with Crippen LogP contribution in [0, 0.1) is 5.92 Å². The van der Waals surface area contributed by atoms with Crippen LogP contribution in [0.2, 0.25) is 0 Å². The van der Waals surface area contributed by atoms with Crippen LogP contribution in [0.25, 0.3) is 5.57 Å². The Hall–Kier alpha value is -3.48. The van der Waals surface area contributed by atoms with Crippen molar-refractivity contribution in [2.75, 3.05) is 39.3 Å². The minimum Gasteiger partial charge on any atom is -0.495 e. The average molecular weight is 437 g/mol. The molecule has 1 saturated heterocycles. The number of hydrogen-bond donors (Lipinski definition) is 0. The van der Waals surface area contributed by atoms with Gasteiger partial charge in [-0.3, -0.25) is 9.59 Å². The van der Waals surface area contributed by atoms with E-state index in [0.717, 1.165) is 25.9 Å². The molecule has 2 aliphatic heterocycles. The monoisotopic (exact) mass is 436 g/mol. The molecule has 0 radical (unpaired) electrons. The Labute approximate surface area is 188 Å². The van der Waals surface area contributed by atoms with Crippen molar-refractivity contribution in [1.82, 2.24) is 4.90 Å². The first-order chi connectivity index (χ1) is 15.5. The van der Waals surface area contributed by atoms with Gasteiger partial charge in [-0.1, -0.05) is 25.1 Å². The van der Waals surface area contributed by atoms with Crippen LogP contribution in [-0.4, -0.2) is 51.1 Å². The Morgan fingerprint density at radius 3 is 2.28 bits per heavy atom. The average Bonchev–Trinajstić information content (AvgIpc) is 3.08. The van der Waals surface area contributed by atoms with Crippen LogP contribution in [0.1, 0.15) is 25.3 Å². The third-order valence-corrected chi connectivity index (χ3v) is 6.03. The van der Waals surface area contributed by atoms with Gasteiger partial charge in [0.15, 0.2) is 11.5 Å². The fourth-order valence-corrected chi connectivity index (χ4v) is 4.49. The first-order valence-electron chi connectivity index (χ1n) is 10.7. The van der Waals surface area contributed by atoms with E-state index in [-0.39, 0.29) is 11.8 Å². The van der Waals surface area contributed by atoms with E-state index in [0.29, 0.717) is 45.7 Å². The first kappa shape index (κ1) is 21.7. The second-order valence-corrected chi connectivity index (χ2v) is 8.10. The van der Waals surface area contributed by atoms with E-state index in [2.05, 4.69) is 11.8 Å². The summed E-state index contributed by atoms with van der Waals surface area (Å²) in [5.74, 6) is 1.25. The lowest BCUT2D eigenvalue weighted by Crippen LogP contribution is -2.39. The first-order valence-corrected chi connectivity index (χ1v) is 10.7. The molecule has 2 heterocycles. The van der Waals surface area contributed by atoms with Gasteiger partial charge in [-0.05, 0) is 48.6 Å². The predicted molar refractivity (Wildman–Crippen MR) is 122 cm³/mol. The zero-order valence-electron chi connectivity index (χ0n) is 18.9. The molecule has 2 amide bonds. The summed E-state index contributed by atoms with van der Waals surface area (Å²) in [4.78, 5) is 30.8. The highest BCUT2D eigenvalue weighted by Crippen LogP contribution is 2.41. The lowest BCUT2D eigenvalue weighted by atomic mass is 9.97. The van der Waals surface area contributed by atoms with Crippen molar-refractivity contribution in [1.29, 1.82) is 0 Å². The summed E-state index contributed by atoms with van der Waals surface area (Å²) in [5, 5.41) is 0. The number of nitrogens with zero attached hydrogens (tertiary/aromatic N) is 2. The number of carbonyl (C=O) groups is 2. The van der Waals surface area contributed by atoms with E-state index in [1.54, 1.807) is 50.6 Å². The Morgan fingerprint density at radius 2 is 1.59 bits per heavy atom. The number of rotatable bonds is 6. The molecule has 32 heavy (non-hydrogen) atoms. The summed E-state index contributed by atoms with van der Waals surface area (Å²) < 4.78 is 16.2. The number of hydrogen-bond acceptors (Lipinski definition) is 6. The number of carbonyl (C=O) groups excluding carboxylic acids is 2. The van der Waals surface area contributed by atoms with Gasteiger partial charge in [-0.15, -0.1) is 0 Å². The van der Waals surface area contributed by atoms with Crippen molar-refractivity contribution < 1.29 is 23.8 Å². The summed E-state index contributed by atoms with van der Waals surface area (Å²) in [5.41, 5.74) is 1.85. The quantitative estimate of drug-likeness (QED) is 0.643. The number of ether oxygens (including phenoxy) is 3. The van der Waals surface area contributed by atoms with Crippen molar-refractivity contribution in [3.63, 3.8) is 0 Å². The van der Waals surface area contributed by atoms with Crippen molar-refractivity contribution in [2.24, 2.45) is 5.92 Å². The third-order valence-electron chi connectivity index (χ3n) is 6.03. The van der Waals surface area contributed by atoms with Gasteiger partial charge < -0.3 is 19.1 Å². The minimum atomic E-state index is -0.375. The molecule has 0 aromatic heterocycles. The highest BCUT2D eigenvalue weighted by atomic mass is 16.5. The Kier molecular flexibility index (Phi) is 6.08. The molecule has 7 heteroatoms.